The highest BCUT2D eigenvalue weighted by Crippen LogP contribution is 2.42. The monoisotopic (exact) mass is 243 g/mol. The molecule has 0 amide bonds. The quantitative estimate of drug-likeness (QED) is 0.825. The fraction of sp³-hybridized carbons (Fsp3) is 0.500. The SMILES string of the molecule is CC(C)(C)[C@H](N)c1cccc2c1OCO2.Cl. The Morgan fingerprint density at radius 1 is 1.25 bits per heavy atom. The Morgan fingerprint density at radius 3 is 2.56 bits per heavy atom. The predicted octanol–water partition coefficient (Wildman–Crippen LogP) is 2.88. The average molecular weight is 244 g/mol. The third-order valence-corrected chi connectivity index (χ3v) is 2.70. The maximum atomic E-state index is 6.21. The number of rotatable bonds is 1. The molecule has 1 aromatic rings. The number of nitrogens with two attached hydrogens (primary N) is 1. The molecule has 0 spiro atoms. The maximum Gasteiger partial charge on any atom is 0.231 e. The van der Waals surface area contributed by atoms with E-state index in [9.17, 15) is 0 Å². The van der Waals surface area contributed by atoms with Crippen LogP contribution >= 0.6 is 12.4 Å². The topological polar surface area (TPSA) is 44.5 Å². The van der Waals surface area contributed by atoms with Gasteiger partial charge in [0, 0.05) is 11.6 Å². The zero-order valence-electron chi connectivity index (χ0n) is 9.82. The van der Waals surface area contributed by atoms with Crippen molar-refractivity contribution in [3.05, 3.63) is 23.8 Å². The van der Waals surface area contributed by atoms with Crippen LogP contribution in [0, 0.1) is 5.41 Å². The van der Waals surface area contributed by atoms with E-state index in [0.717, 1.165) is 17.1 Å². The Labute approximate surface area is 102 Å². The fourth-order valence-electron chi connectivity index (χ4n) is 1.66. The van der Waals surface area contributed by atoms with Crippen molar-refractivity contribution in [2.45, 2.75) is 26.8 Å². The Bertz CT molecular complexity index is 374. The molecule has 0 saturated heterocycles. The lowest BCUT2D eigenvalue weighted by atomic mass is 9.82. The van der Waals surface area contributed by atoms with Crippen molar-refractivity contribution in [1.29, 1.82) is 0 Å². The highest BCUT2D eigenvalue weighted by molar-refractivity contribution is 5.85. The lowest BCUT2D eigenvalue weighted by molar-refractivity contribution is 0.171. The van der Waals surface area contributed by atoms with Gasteiger partial charge in [-0.1, -0.05) is 32.9 Å². The molecular formula is C12H18ClNO2. The Kier molecular flexibility index (Phi) is 3.71. The van der Waals surface area contributed by atoms with Crippen LogP contribution < -0.4 is 15.2 Å². The molecule has 0 bridgehead atoms. The standard InChI is InChI=1S/C12H17NO2.ClH/c1-12(2,3)11(13)8-5-4-6-9-10(8)15-7-14-9;/h4-6,11H,7,13H2,1-3H3;1H/t11-;/m1./s1. The summed E-state index contributed by atoms with van der Waals surface area (Å²) in [5, 5.41) is 0. The van der Waals surface area contributed by atoms with E-state index in [0.29, 0.717) is 6.79 Å². The van der Waals surface area contributed by atoms with Crippen molar-refractivity contribution in [2.75, 3.05) is 6.79 Å². The molecule has 2 rings (SSSR count). The van der Waals surface area contributed by atoms with Crippen LogP contribution in [0.1, 0.15) is 32.4 Å². The molecule has 0 saturated carbocycles. The minimum Gasteiger partial charge on any atom is -0.454 e. The van der Waals surface area contributed by atoms with Gasteiger partial charge in [0.25, 0.3) is 0 Å². The van der Waals surface area contributed by atoms with E-state index < -0.39 is 0 Å². The Hall–Kier alpha value is -0.930. The van der Waals surface area contributed by atoms with Crippen LogP contribution in [0.4, 0.5) is 0 Å². The number of fused-ring (bicyclic) bond motifs is 1. The van der Waals surface area contributed by atoms with E-state index in [1.165, 1.54) is 0 Å². The number of hydrogen-bond donors (Lipinski definition) is 1. The highest BCUT2D eigenvalue weighted by atomic mass is 35.5. The second-order valence-electron chi connectivity index (χ2n) is 4.92. The summed E-state index contributed by atoms with van der Waals surface area (Å²) in [7, 11) is 0. The molecule has 4 heteroatoms. The van der Waals surface area contributed by atoms with Gasteiger partial charge in [0.1, 0.15) is 0 Å². The van der Waals surface area contributed by atoms with Gasteiger partial charge in [0.05, 0.1) is 0 Å². The molecule has 0 unspecified atom stereocenters. The molecule has 1 aliphatic heterocycles. The van der Waals surface area contributed by atoms with Crippen molar-refractivity contribution in [3.8, 4) is 11.5 Å². The predicted molar refractivity (Wildman–Crippen MR) is 66.2 cm³/mol. The second kappa shape index (κ2) is 4.52. The molecule has 0 radical (unpaired) electrons. The van der Waals surface area contributed by atoms with Gasteiger partial charge in [-0.3, -0.25) is 0 Å². The van der Waals surface area contributed by atoms with E-state index in [-0.39, 0.29) is 23.9 Å². The number of para-hydroxylation sites is 1. The van der Waals surface area contributed by atoms with Gasteiger partial charge in [-0.15, -0.1) is 12.4 Å². The van der Waals surface area contributed by atoms with Gasteiger partial charge in [-0.2, -0.15) is 0 Å². The third-order valence-electron chi connectivity index (χ3n) is 2.70. The largest absolute Gasteiger partial charge is 0.454 e. The summed E-state index contributed by atoms with van der Waals surface area (Å²) in [6.07, 6.45) is 0. The van der Waals surface area contributed by atoms with Gasteiger partial charge in [-0.25, -0.2) is 0 Å². The van der Waals surface area contributed by atoms with Crippen LogP contribution in [-0.4, -0.2) is 6.79 Å². The van der Waals surface area contributed by atoms with Crippen LogP contribution in [0.15, 0.2) is 18.2 Å². The molecule has 3 nitrogen and oxygen atoms in total. The van der Waals surface area contributed by atoms with Crippen molar-refractivity contribution in [3.63, 3.8) is 0 Å². The van der Waals surface area contributed by atoms with E-state index in [1.54, 1.807) is 0 Å². The molecule has 2 N–H and O–H groups in total. The first-order chi connectivity index (χ1) is 7.00. The van der Waals surface area contributed by atoms with Crippen molar-refractivity contribution >= 4 is 12.4 Å². The molecule has 0 aliphatic carbocycles. The van der Waals surface area contributed by atoms with Crippen molar-refractivity contribution in [1.82, 2.24) is 0 Å². The van der Waals surface area contributed by atoms with Crippen LogP contribution in [0.5, 0.6) is 11.5 Å². The summed E-state index contributed by atoms with van der Waals surface area (Å²) in [6, 6.07) is 5.81. The Balaban J connectivity index is 0.00000128. The summed E-state index contributed by atoms with van der Waals surface area (Å²) >= 11 is 0. The highest BCUT2D eigenvalue weighted by Gasteiger charge is 2.28. The first-order valence-electron chi connectivity index (χ1n) is 5.14. The normalized spacial score (nSPS) is 15.5. The summed E-state index contributed by atoms with van der Waals surface area (Å²) in [4.78, 5) is 0. The number of halogens is 1. The molecular weight excluding hydrogens is 226 g/mol. The third kappa shape index (κ3) is 2.25. The fourth-order valence-corrected chi connectivity index (χ4v) is 1.66. The van der Waals surface area contributed by atoms with E-state index in [2.05, 4.69) is 20.8 Å². The molecule has 1 aliphatic rings. The lowest BCUT2D eigenvalue weighted by Crippen LogP contribution is -2.26. The Morgan fingerprint density at radius 2 is 1.94 bits per heavy atom. The molecule has 1 aromatic carbocycles. The minimum absolute atomic E-state index is 0. The van der Waals surface area contributed by atoms with Gasteiger partial charge in [0.15, 0.2) is 11.5 Å². The number of benzene rings is 1. The summed E-state index contributed by atoms with van der Waals surface area (Å²) in [5.74, 6) is 1.60. The summed E-state index contributed by atoms with van der Waals surface area (Å²) in [5.41, 5.74) is 7.25. The van der Waals surface area contributed by atoms with Gasteiger partial charge < -0.3 is 15.2 Å². The lowest BCUT2D eigenvalue weighted by Gasteiger charge is -2.28. The van der Waals surface area contributed by atoms with E-state index >= 15 is 0 Å². The van der Waals surface area contributed by atoms with Gasteiger partial charge >= 0.3 is 0 Å². The van der Waals surface area contributed by atoms with Crippen LogP contribution in [0.2, 0.25) is 0 Å². The van der Waals surface area contributed by atoms with Gasteiger partial charge in [0.2, 0.25) is 6.79 Å². The second-order valence-corrected chi connectivity index (χ2v) is 4.92. The minimum atomic E-state index is -0.0471. The van der Waals surface area contributed by atoms with Crippen LogP contribution in [-0.2, 0) is 0 Å². The molecule has 0 aromatic heterocycles. The van der Waals surface area contributed by atoms with Crippen molar-refractivity contribution < 1.29 is 9.47 Å². The molecule has 16 heavy (non-hydrogen) atoms. The van der Waals surface area contributed by atoms with Crippen molar-refractivity contribution in [2.24, 2.45) is 11.1 Å². The zero-order chi connectivity index (χ0) is 11.1. The maximum absolute atomic E-state index is 6.21. The van der Waals surface area contributed by atoms with E-state index in [1.807, 2.05) is 18.2 Å². The molecule has 0 fully saturated rings. The first-order valence-corrected chi connectivity index (χ1v) is 5.14. The van der Waals surface area contributed by atoms with Gasteiger partial charge in [-0.05, 0) is 11.5 Å². The number of ether oxygens (including phenoxy) is 2. The van der Waals surface area contributed by atoms with E-state index in [4.69, 9.17) is 15.2 Å². The first kappa shape index (κ1) is 13.1. The zero-order valence-corrected chi connectivity index (χ0v) is 10.6. The molecule has 90 valence electrons. The van der Waals surface area contributed by atoms with Crippen LogP contribution in [0.3, 0.4) is 0 Å². The average Bonchev–Trinajstić information content (AvgIpc) is 2.62. The molecule has 1 atom stereocenters. The summed E-state index contributed by atoms with van der Waals surface area (Å²) < 4.78 is 10.8. The van der Waals surface area contributed by atoms with Crippen LogP contribution in [0.25, 0.3) is 0 Å². The number of hydrogen-bond acceptors (Lipinski definition) is 3. The molecule has 1 heterocycles. The smallest absolute Gasteiger partial charge is 0.231 e. The summed E-state index contributed by atoms with van der Waals surface area (Å²) in [6.45, 7) is 6.65.